The molecule has 3 unspecified atom stereocenters. The number of carbonyl (C=O) groups excluding carboxylic acids is 1. The quantitative estimate of drug-likeness (QED) is 0.603. The molecule has 0 aromatic rings. The highest BCUT2D eigenvalue weighted by Crippen LogP contribution is 2.24. The highest BCUT2D eigenvalue weighted by molar-refractivity contribution is 5.81. The SMILES string of the molecule is CCNC(=O)C(C)NCC1(O)CCOC1C. The summed E-state index contributed by atoms with van der Waals surface area (Å²) in [6.07, 6.45) is 0.435. The highest BCUT2D eigenvalue weighted by atomic mass is 16.5. The zero-order valence-corrected chi connectivity index (χ0v) is 10.2. The summed E-state index contributed by atoms with van der Waals surface area (Å²) in [4.78, 5) is 11.4. The summed E-state index contributed by atoms with van der Waals surface area (Å²) in [7, 11) is 0. The van der Waals surface area contributed by atoms with Crippen LogP contribution in [-0.4, -0.2) is 48.5 Å². The van der Waals surface area contributed by atoms with Crippen molar-refractivity contribution in [2.24, 2.45) is 0 Å². The molecule has 0 bridgehead atoms. The van der Waals surface area contributed by atoms with Crippen LogP contribution >= 0.6 is 0 Å². The van der Waals surface area contributed by atoms with E-state index < -0.39 is 5.60 Å². The van der Waals surface area contributed by atoms with Crippen molar-refractivity contribution in [1.29, 1.82) is 0 Å². The summed E-state index contributed by atoms with van der Waals surface area (Å²) in [5, 5.41) is 16.0. The minimum Gasteiger partial charge on any atom is -0.386 e. The molecule has 0 aromatic heterocycles. The van der Waals surface area contributed by atoms with Gasteiger partial charge in [0.2, 0.25) is 5.91 Å². The van der Waals surface area contributed by atoms with E-state index in [4.69, 9.17) is 4.74 Å². The Morgan fingerprint density at radius 2 is 2.38 bits per heavy atom. The first-order chi connectivity index (χ1) is 7.49. The molecule has 1 saturated heterocycles. The average Bonchev–Trinajstić information content (AvgIpc) is 2.57. The van der Waals surface area contributed by atoms with Crippen LogP contribution in [0.3, 0.4) is 0 Å². The molecule has 1 aliphatic rings. The molecule has 3 N–H and O–H groups in total. The molecule has 1 heterocycles. The Kier molecular flexibility index (Phi) is 4.70. The van der Waals surface area contributed by atoms with Gasteiger partial charge in [0.25, 0.3) is 0 Å². The van der Waals surface area contributed by atoms with Gasteiger partial charge in [-0.1, -0.05) is 0 Å². The fourth-order valence-electron chi connectivity index (χ4n) is 1.75. The van der Waals surface area contributed by atoms with E-state index in [2.05, 4.69) is 10.6 Å². The number of amides is 1. The van der Waals surface area contributed by atoms with Gasteiger partial charge >= 0.3 is 0 Å². The van der Waals surface area contributed by atoms with Crippen LogP contribution in [0.2, 0.25) is 0 Å². The van der Waals surface area contributed by atoms with Gasteiger partial charge in [0, 0.05) is 26.1 Å². The Balaban J connectivity index is 2.36. The van der Waals surface area contributed by atoms with Crippen LogP contribution in [0, 0.1) is 0 Å². The lowest BCUT2D eigenvalue weighted by atomic mass is 9.96. The average molecular weight is 230 g/mol. The number of likely N-dealkylation sites (N-methyl/N-ethyl adjacent to an activating group) is 1. The molecule has 0 aromatic carbocycles. The molecule has 0 spiro atoms. The first-order valence-electron chi connectivity index (χ1n) is 5.84. The van der Waals surface area contributed by atoms with Crippen LogP contribution in [0.25, 0.3) is 0 Å². The van der Waals surface area contributed by atoms with Crippen molar-refractivity contribution in [3.05, 3.63) is 0 Å². The number of hydrogen-bond donors (Lipinski definition) is 3. The van der Waals surface area contributed by atoms with Crippen molar-refractivity contribution >= 4 is 5.91 Å². The molecule has 1 fully saturated rings. The Morgan fingerprint density at radius 1 is 1.69 bits per heavy atom. The molecule has 0 radical (unpaired) electrons. The van der Waals surface area contributed by atoms with Crippen LogP contribution < -0.4 is 10.6 Å². The van der Waals surface area contributed by atoms with Crippen LogP contribution in [0.4, 0.5) is 0 Å². The maximum Gasteiger partial charge on any atom is 0.236 e. The van der Waals surface area contributed by atoms with Gasteiger partial charge in [-0.05, 0) is 20.8 Å². The minimum absolute atomic E-state index is 0.0438. The lowest BCUT2D eigenvalue weighted by Gasteiger charge is -2.27. The number of rotatable bonds is 5. The number of nitrogens with one attached hydrogen (secondary N) is 2. The van der Waals surface area contributed by atoms with Crippen molar-refractivity contribution in [1.82, 2.24) is 10.6 Å². The second-order valence-corrected chi connectivity index (χ2v) is 4.36. The van der Waals surface area contributed by atoms with Gasteiger partial charge in [0.15, 0.2) is 0 Å². The first-order valence-corrected chi connectivity index (χ1v) is 5.84. The molecular weight excluding hydrogens is 208 g/mol. The molecule has 0 saturated carbocycles. The number of hydrogen-bond acceptors (Lipinski definition) is 4. The zero-order valence-electron chi connectivity index (χ0n) is 10.2. The van der Waals surface area contributed by atoms with Crippen LogP contribution in [0.5, 0.6) is 0 Å². The molecule has 5 heteroatoms. The third-order valence-corrected chi connectivity index (χ3v) is 3.12. The van der Waals surface area contributed by atoms with Gasteiger partial charge in [-0.2, -0.15) is 0 Å². The number of carbonyl (C=O) groups is 1. The lowest BCUT2D eigenvalue weighted by molar-refractivity contribution is -0.123. The first kappa shape index (κ1) is 13.4. The van der Waals surface area contributed by atoms with Gasteiger partial charge < -0.3 is 20.5 Å². The molecule has 0 aliphatic carbocycles. The smallest absolute Gasteiger partial charge is 0.236 e. The molecule has 5 nitrogen and oxygen atoms in total. The predicted octanol–water partition coefficient (Wildman–Crippen LogP) is -0.359. The van der Waals surface area contributed by atoms with Crippen molar-refractivity contribution in [3.63, 3.8) is 0 Å². The van der Waals surface area contributed by atoms with Crippen molar-refractivity contribution in [2.75, 3.05) is 19.7 Å². The van der Waals surface area contributed by atoms with Gasteiger partial charge in [0.05, 0.1) is 12.1 Å². The van der Waals surface area contributed by atoms with Crippen LogP contribution in [0.1, 0.15) is 27.2 Å². The standard InChI is InChI=1S/C11H22N2O3/c1-4-12-10(14)8(2)13-7-11(15)5-6-16-9(11)3/h8-9,13,15H,4-7H2,1-3H3,(H,12,14). The van der Waals surface area contributed by atoms with E-state index in [0.717, 1.165) is 0 Å². The summed E-state index contributed by atoms with van der Waals surface area (Å²) in [5.74, 6) is -0.0438. The van der Waals surface area contributed by atoms with Gasteiger partial charge in [-0.3, -0.25) is 4.79 Å². The fraction of sp³-hybridized carbons (Fsp3) is 0.909. The van der Waals surface area contributed by atoms with Gasteiger partial charge in [-0.15, -0.1) is 0 Å². The summed E-state index contributed by atoms with van der Waals surface area (Å²) in [5.41, 5.74) is -0.846. The van der Waals surface area contributed by atoms with E-state index in [1.807, 2.05) is 13.8 Å². The topological polar surface area (TPSA) is 70.6 Å². The van der Waals surface area contributed by atoms with E-state index in [1.165, 1.54) is 0 Å². The Labute approximate surface area is 96.6 Å². The molecule has 1 rings (SSSR count). The third-order valence-electron chi connectivity index (χ3n) is 3.12. The molecular formula is C11H22N2O3. The van der Waals surface area contributed by atoms with E-state index in [1.54, 1.807) is 6.92 Å². The second kappa shape index (κ2) is 5.61. The zero-order chi connectivity index (χ0) is 12.2. The second-order valence-electron chi connectivity index (χ2n) is 4.36. The molecule has 16 heavy (non-hydrogen) atoms. The molecule has 3 atom stereocenters. The Hall–Kier alpha value is -0.650. The van der Waals surface area contributed by atoms with Crippen molar-refractivity contribution in [2.45, 2.75) is 44.9 Å². The van der Waals surface area contributed by atoms with Crippen molar-refractivity contribution in [3.8, 4) is 0 Å². The lowest BCUT2D eigenvalue weighted by Crippen LogP contribution is -2.51. The predicted molar refractivity (Wildman–Crippen MR) is 61.1 cm³/mol. The summed E-state index contributed by atoms with van der Waals surface area (Å²) < 4.78 is 5.32. The summed E-state index contributed by atoms with van der Waals surface area (Å²) in [6, 6.07) is -0.295. The van der Waals surface area contributed by atoms with E-state index in [9.17, 15) is 9.90 Å². The Bertz CT molecular complexity index is 247. The molecule has 1 aliphatic heterocycles. The van der Waals surface area contributed by atoms with E-state index in [-0.39, 0.29) is 18.1 Å². The van der Waals surface area contributed by atoms with E-state index >= 15 is 0 Å². The van der Waals surface area contributed by atoms with Crippen LogP contribution in [0.15, 0.2) is 0 Å². The number of ether oxygens (including phenoxy) is 1. The normalized spacial score (nSPS) is 31.4. The minimum atomic E-state index is -0.846. The highest BCUT2D eigenvalue weighted by Gasteiger charge is 2.39. The van der Waals surface area contributed by atoms with Crippen molar-refractivity contribution < 1.29 is 14.6 Å². The van der Waals surface area contributed by atoms with Gasteiger partial charge in [-0.25, -0.2) is 0 Å². The summed E-state index contributed by atoms with van der Waals surface area (Å²) >= 11 is 0. The van der Waals surface area contributed by atoms with E-state index in [0.29, 0.717) is 26.1 Å². The maximum atomic E-state index is 11.4. The maximum absolute atomic E-state index is 11.4. The fourth-order valence-corrected chi connectivity index (χ4v) is 1.75. The number of aliphatic hydroxyl groups is 1. The Morgan fingerprint density at radius 3 is 2.88 bits per heavy atom. The molecule has 94 valence electrons. The third kappa shape index (κ3) is 3.17. The monoisotopic (exact) mass is 230 g/mol. The largest absolute Gasteiger partial charge is 0.386 e. The van der Waals surface area contributed by atoms with Crippen LogP contribution in [-0.2, 0) is 9.53 Å². The summed E-state index contributed by atoms with van der Waals surface area (Å²) in [6.45, 7) is 7.10. The van der Waals surface area contributed by atoms with Gasteiger partial charge in [0.1, 0.15) is 5.60 Å². The molecule has 1 amide bonds.